The fourth-order valence-electron chi connectivity index (χ4n) is 2.16. The van der Waals surface area contributed by atoms with Gasteiger partial charge in [-0.25, -0.2) is 0 Å². The minimum Gasteiger partial charge on any atom is -0.382 e. The van der Waals surface area contributed by atoms with Crippen molar-refractivity contribution in [3.05, 3.63) is 29.2 Å². The quantitative estimate of drug-likeness (QED) is 0.889. The number of carbonyl (C=O) groups excluding carboxylic acids is 1. The largest absolute Gasteiger partial charge is 0.382 e. The molecule has 7 nitrogen and oxygen atoms in total. The topological polar surface area (TPSA) is 82.0 Å². The summed E-state index contributed by atoms with van der Waals surface area (Å²) in [5, 5.41) is 8.49. The summed E-state index contributed by atoms with van der Waals surface area (Å²) in [6.45, 7) is 7.44. The number of nitrogens with two attached hydrogens (primary N) is 1. The van der Waals surface area contributed by atoms with Crippen molar-refractivity contribution in [2.24, 2.45) is 0 Å². The fourth-order valence-corrected chi connectivity index (χ4v) is 2.16. The molecular weight excluding hydrogens is 268 g/mol. The van der Waals surface area contributed by atoms with Gasteiger partial charge in [0.15, 0.2) is 0 Å². The second-order valence-corrected chi connectivity index (χ2v) is 5.21. The standard InChI is InChI=1S/C14H22N6O/c1-5-19-8-12(11(3)16-19)7-18(4)14(21)9-20-10(2)6-13(15)17-20/h6,8H,5,7,9H2,1-4H3,(H2,15,17). The van der Waals surface area contributed by atoms with Crippen molar-refractivity contribution in [2.45, 2.75) is 40.4 Å². The van der Waals surface area contributed by atoms with Gasteiger partial charge in [0.05, 0.1) is 5.69 Å². The molecule has 0 bridgehead atoms. The highest BCUT2D eigenvalue weighted by Gasteiger charge is 2.14. The molecule has 0 aromatic carbocycles. The predicted octanol–water partition coefficient (Wildman–Crippen LogP) is 0.957. The highest BCUT2D eigenvalue weighted by Crippen LogP contribution is 2.10. The van der Waals surface area contributed by atoms with Crippen LogP contribution in [0.4, 0.5) is 5.82 Å². The van der Waals surface area contributed by atoms with Crippen molar-refractivity contribution in [3.8, 4) is 0 Å². The van der Waals surface area contributed by atoms with Crippen LogP contribution in [0, 0.1) is 13.8 Å². The first-order valence-electron chi connectivity index (χ1n) is 6.97. The summed E-state index contributed by atoms with van der Waals surface area (Å²) in [7, 11) is 1.78. The van der Waals surface area contributed by atoms with Gasteiger partial charge >= 0.3 is 0 Å². The number of anilines is 1. The van der Waals surface area contributed by atoms with Crippen molar-refractivity contribution in [1.29, 1.82) is 0 Å². The second kappa shape index (κ2) is 5.99. The number of amides is 1. The van der Waals surface area contributed by atoms with Gasteiger partial charge in [0, 0.05) is 43.7 Å². The lowest BCUT2D eigenvalue weighted by Crippen LogP contribution is -2.30. The van der Waals surface area contributed by atoms with Crippen molar-refractivity contribution in [2.75, 3.05) is 12.8 Å². The van der Waals surface area contributed by atoms with Gasteiger partial charge in [-0.2, -0.15) is 10.2 Å². The van der Waals surface area contributed by atoms with Gasteiger partial charge in [0.2, 0.25) is 5.91 Å². The molecule has 2 N–H and O–H groups in total. The molecule has 7 heteroatoms. The van der Waals surface area contributed by atoms with E-state index in [2.05, 4.69) is 10.2 Å². The molecule has 0 radical (unpaired) electrons. The number of likely N-dealkylation sites (N-methyl/N-ethyl adjacent to an activating group) is 1. The van der Waals surface area contributed by atoms with Crippen LogP contribution in [0.1, 0.15) is 23.9 Å². The zero-order chi connectivity index (χ0) is 15.6. The molecule has 0 aliphatic heterocycles. The molecule has 2 heterocycles. The van der Waals surface area contributed by atoms with Crippen molar-refractivity contribution in [3.63, 3.8) is 0 Å². The maximum absolute atomic E-state index is 12.3. The molecule has 2 aromatic heterocycles. The lowest BCUT2D eigenvalue weighted by atomic mass is 10.2. The second-order valence-electron chi connectivity index (χ2n) is 5.21. The van der Waals surface area contributed by atoms with Gasteiger partial charge in [0.25, 0.3) is 0 Å². The van der Waals surface area contributed by atoms with Crippen LogP contribution in [0.15, 0.2) is 12.3 Å². The van der Waals surface area contributed by atoms with E-state index in [-0.39, 0.29) is 12.5 Å². The van der Waals surface area contributed by atoms with E-state index < -0.39 is 0 Å². The van der Waals surface area contributed by atoms with Crippen molar-refractivity contribution in [1.82, 2.24) is 24.5 Å². The average Bonchev–Trinajstić information content (AvgIpc) is 2.92. The minimum absolute atomic E-state index is 0.00940. The third kappa shape index (κ3) is 3.42. The normalized spacial score (nSPS) is 10.9. The molecule has 0 fully saturated rings. The number of hydrogen-bond acceptors (Lipinski definition) is 4. The van der Waals surface area contributed by atoms with E-state index in [0.29, 0.717) is 12.4 Å². The maximum atomic E-state index is 12.3. The lowest BCUT2D eigenvalue weighted by Gasteiger charge is -2.17. The molecule has 2 aromatic rings. The number of nitrogens with zero attached hydrogens (tertiary/aromatic N) is 5. The fraction of sp³-hybridized carbons (Fsp3) is 0.500. The van der Waals surface area contributed by atoms with E-state index in [1.807, 2.05) is 31.6 Å². The molecule has 114 valence electrons. The van der Waals surface area contributed by atoms with E-state index in [1.165, 1.54) is 0 Å². The molecule has 2 rings (SSSR count). The Labute approximate surface area is 124 Å². The Morgan fingerprint density at radius 1 is 1.38 bits per heavy atom. The molecule has 0 saturated carbocycles. The first-order chi connectivity index (χ1) is 9.90. The smallest absolute Gasteiger partial charge is 0.244 e. The van der Waals surface area contributed by atoms with Gasteiger partial charge in [-0.1, -0.05) is 0 Å². The van der Waals surface area contributed by atoms with E-state index in [1.54, 1.807) is 22.7 Å². The first-order valence-corrected chi connectivity index (χ1v) is 6.97. The average molecular weight is 290 g/mol. The van der Waals surface area contributed by atoms with Crippen LogP contribution in [0.25, 0.3) is 0 Å². The number of aryl methyl sites for hydroxylation is 3. The molecule has 0 unspecified atom stereocenters. The third-order valence-corrected chi connectivity index (χ3v) is 3.49. The monoisotopic (exact) mass is 290 g/mol. The molecule has 0 atom stereocenters. The number of hydrogen-bond donors (Lipinski definition) is 1. The maximum Gasteiger partial charge on any atom is 0.244 e. The molecular formula is C14H22N6O. The van der Waals surface area contributed by atoms with Crippen molar-refractivity contribution >= 4 is 11.7 Å². The van der Waals surface area contributed by atoms with Crippen LogP contribution < -0.4 is 5.73 Å². The summed E-state index contributed by atoms with van der Waals surface area (Å²) in [6.07, 6.45) is 1.98. The summed E-state index contributed by atoms with van der Waals surface area (Å²) >= 11 is 0. The van der Waals surface area contributed by atoms with Crippen molar-refractivity contribution < 1.29 is 4.79 Å². The molecule has 21 heavy (non-hydrogen) atoms. The molecule has 0 aliphatic carbocycles. The zero-order valence-electron chi connectivity index (χ0n) is 13.0. The number of nitrogen functional groups attached to an aromatic ring is 1. The van der Waals surface area contributed by atoms with Crippen LogP contribution in [-0.4, -0.2) is 37.4 Å². The zero-order valence-corrected chi connectivity index (χ0v) is 13.0. The van der Waals surface area contributed by atoms with Gasteiger partial charge < -0.3 is 10.6 Å². The number of carbonyl (C=O) groups is 1. The van der Waals surface area contributed by atoms with Crippen LogP contribution in [0.3, 0.4) is 0 Å². The van der Waals surface area contributed by atoms with E-state index in [4.69, 9.17) is 5.73 Å². The number of rotatable bonds is 5. The van der Waals surface area contributed by atoms with Gasteiger partial charge in [-0.15, -0.1) is 0 Å². The third-order valence-electron chi connectivity index (χ3n) is 3.49. The summed E-state index contributed by atoms with van der Waals surface area (Å²) < 4.78 is 3.50. The summed E-state index contributed by atoms with van der Waals surface area (Å²) in [6, 6.07) is 1.75. The summed E-state index contributed by atoms with van der Waals surface area (Å²) in [4.78, 5) is 13.9. The van der Waals surface area contributed by atoms with Crippen LogP contribution in [0.5, 0.6) is 0 Å². The van der Waals surface area contributed by atoms with E-state index in [9.17, 15) is 4.79 Å². The summed E-state index contributed by atoms with van der Waals surface area (Å²) in [5.74, 6) is 0.424. The number of aromatic nitrogens is 4. The van der Waals surface area contributed by atoms with E-state index >= 15 is 0 Å². The highest BCUT2D eigenvalue weighted by molar-refractivity contribution is 5.75. The molecule has 0 aliphatic rings. The summed E-state index contributed by atoms with van der Waals surface area (Å²) in [5.41, 5.74) is 8.52. The molecule has 0 saturated heterocycles. The van der Waals surface area contributed by atoms with Gasteiger partial charge in [-0.3, -0.25) is 14.2 Å². The van der Waals surface area contributed by atoms with Crippen LogP contribution in [0.2, 0.25) is 0 Å². The highest BCUT2D eigenvalue weighted by atomic mass is 16.2. The van der Waals surface area contributed by atoms with Crippen LogP contribution in [-0.2, 0) is 24.4 Å². The van der Waals surface area contributed by atoms with E-state index in [0.717, 1.165) is 23.5 Å². The minimum atomic E-state index is -0.00940. The predicted molar refractivity (Wildman–Crippen MR) is 80.5 cm³/mol. The van der Waals surface area contributed by atoms with Crippen LogP contribution >= 0.6 is 0 Å². The first kappa shape index (κ1) is 15.1. The Morgan fingerprint density at radius 3 is 2.62 bits per heavy atom. The Kier molecular flexibility index (Phi) is 4.30. The lowest BCUT2D eigenvalue weighted by molar-refractivity contribution is -0.131. The Hall–Kier alpha value is -2.31. The molecule has 0 spiro atoms. The van der Waals surface area contributed by atoms with Gasteiger partial charge in [-0.05, 0) is 20.8 Å². The SMILES string of the molecule is CCn1cc(CN(C)C(=O)Cn2nc(N)cc2C)c(C)n1. The molecule has 1 amide bonds. The Bertz CT molecular complexity index is 642. The Morgan fingerprint density at radius 2 is 2.10 bits per heavy atom. The van der Waals surface area contributed by atoms with Gasteiger partial charge in [0.1, 0.15) is 12.4 Å². The Balaban J connectivity index is 2.02.